The highest BCUT2D eigenvalue weighted by molar-refractivity contribution is 7.07. The van der Waals surface area contributed by atoms with Gasteiger partial charge in [-0.05, 0) is 61.9 Å². The zero-order valence-electron chi connectivity index (χ0n) is 22.6. The molecule has 9 nitrogen and oxygen atoms in total. The van der Waals surface area contributed by atoms with Crippen LogP contribution in [0.25, 0.3) is 17.4 Å². The molecule has 1 aliphatic heterocycles. The van der Waals surface area contributed by atoms with Crippen molar-refractivity contribution in [1.82, 2.24) is 4.57 Å². The van der Waals surface area contributed by atoms with E-state index in [9.17, 15) is 19.5 Å². The molecule has 41 heavy (non-hydrogen) atoms. The predicted molar refractivity (Wildman–Crippen MR) is 155 cm³/mol. The predicted octanol–water partition coefficient (Wildman–Crippen LogP) is 3.14. The van der Waals surface area contributed by atoms with Gasteiger partial charge in [-0.2, -0.15) is 0 Å². The van der Waals surface area contributed by atoms with Gasteiger partial charge in [0.1, 0.15) is 11.5 Å². The maximum atomic E-state index is 13.8. The Morgan fingerprint density at radius 3 is 2.56 bits per heavy atom. The van der Waals surface area contributed by atoms with Crippen molar-refractivity contribution in [3.05, 3.63) is 107 Å². The van der Waals surface area contributed by atoms with E-state index in [-0.39, 0.29) is 22.8 Å². The van der Waals surface area contributed by atoms with Crippen molar-refractivity contribution in [2.75, 3.05) is 25.6 Å². The number of anilines is 1. The number of furan rings is 1. The van der Waals surface area contributed by atoms with Gasteiger partial charge in [0.2, 0.25) is 0 Å². The van der Waals surface area contributed by atoms with E-state index in [2.05, 4.69) is 4.99 Å². The summed E-state index contributed by atoms with van der Waals surface area (Å²) in [5, 5.41) is 11.4. The average molecular weight is 591 g/mol. The first-order chi connectivity index (χ1) is 19.6. The fourth-order valence-corrected chi connectivity index (χ4v) is 5.83. The number of carboxylic acids is 1. The molecule has 11 heteroatoms. The van der Waals surface area contributed by atoms with Crippen molar-refractivity contribution in [3.63, 3.8) is 0 Å². The normalized spacial score (nSPS) is 15.0. The molecule has 0 saturated heterocycles. The van der Waals surface area contributed by atoms with Crippen molar-refractivity contribution in [1.29, 1.82) is 0 Å². The molecule has 1 atom stereocenters. The van der Waals surface area contributed by atoms with E-state index in [1.165, 1.54) is 28.0 Å². The van der Waals surface area contributed by atoms with Crippen LogP contribution in [-0.4, -0.2) is 37.2 Å². The Morgan fingerprint density at radius 2 is 1.90 bits per heavy atom. The number of carboxylic acid groups (broad SMARTS) is 1. The fourth-order valence-electron chi connectivity index (χ4n) is 4.61. The van der Waals surface area contributed by atoms with E-state index in [4.69, 9.17) is 20.8 Å². The van der Waals surface area contributed by atoms with Crippen LogP contribution in [0.15, 0.2) is 80.1 Å². The summed E-state index contributed by atoms with van der Waals surface area (Å²) in [4.78, 5) is 45.3. The van der Waals surface area contributed by atoms with Crippen molar-refractivity contribution in [2.24, 2.45) is 4.99 Å². The summed E-state index contributed by atoms with van der Waals surface area (Å²) in [5.41, 5.74) is 2.49. The van der Waals surface area contributed by atoms with Crippen LogP contribution in [0.1, 0.15) is 41.6 Å². The lowest BCUT2D eigenvalue weighted by Crippen LogP contribution is -2.39. The maximum absolute atomic E-state index is 13.8. The Labute approximate surface area is 243 Å². The molecular formula is C30H25ClN3O6S-. The number of benzene rings is 2. The second kappa shape index (κ2) is 11.2. The second-order valence-electron chi connectivity index (χ2n) is 9.47. The minimum absolute atomic E-state index is 0.0602. The minimum atomic E-state index is -1.40. The Balaban J connectivity index is 1.61. The van der Waals surface area contributed by atoms with Crippen LogP contribution >= 0.6 is 22.9 Å². The molecule has 0 N–H and O–H groups in total. The molecule has 4 aromatic rings. The number of fused-ring (bicyclic) bond motifs is 1. The number of hydrogen-bond acceptors (Lipinski definition) is 9. The number of esters is 1. The molecule has 1 aliphatic rings. The van der Waals surface area contributed by atoms with Crippen molar-refractivity contribution < 1.29 is 23.8 Å². The molecule has 210 valence electrons. The lowest BCUT2D eigenvalue weighted by Gasteiger charge is -2.25. The molecule has 5 rings (SSSR count). The molecular weight excluding hydrogens is 566 g/mol. The zero-order valence-corrected chi connectivity index (χ0v) is 24.2. The number of nitrogens with zero attached hydrogens (tertiary/aromatic N) is 3. The molecule has 2 aromatic carbocycles. The number of thiazole rings is 1. The van der Waals surface area contributed by atoms with Crippen LogP contribution in [0.2, 0.25) is 5.02 Å². The number of ether oxygens (including phenoxy) is 1. The number of aromatic carboxylic acids is 1. The molecule has 2 aromatic heterocycles. The van der Waals surface area contributed by atoms with E-state index in [1.807, 2.05) is 43.3 Å². The Morgan fingerprint density at radius 1 is 1.17 bits per heavy atom. The third-order valence-electron chi connectivity index (χ3n) is 6.61. The van der Waals surface area contributed by atoms with Gasteiger partial charge in [0.25, 0.3) is 5.56 Å². The molecule has 0 radical (unpaired) electrons. The van der Waals surface area contributed by atoms with Gasteiger partial charge < -0.3 is 24.0 Å². The highest BCUT2D eigenvalue weighted by Gasteiger charge is 2.33. The van der Waals surface area contributed by atoms with E-state index in [0.717, 1.165) is 11.3 Å². The highest BCUT2D eigenvalue weighted by atomic mass is 35.5. The number of aromatic nitrogens is 1. The summed E-state index contributed by atoms with van der Waals surface area (Å²) in [7, 11) is 3.86. The van der Waals surface area contributed by atoms with Crippen molar-refractivity contribution in [2.45, 2.75) is 19.9 Å². The van der Waals surface area contributed by atoms with Gasteiger partial charge in [-0.1, -0.05) is 35.1 Å². The molecule has 0 spiro atoms. The van der Waals surface area contributed by atoms with E-state index in [1.54, 1.807) is 38.1 Å². The number of allylic oxidation sites excluding steroid dienone is 1. The van der Waals surface area contributed by atoms with Crippen molar-refractivity contribution in [3.8, 4) is 11.3 Å². The monoisotopic (exact) mass is 590 g/mol. The first-order valence-corrected chi connectivity index (χ1v) is 13.9. The Hall–Kier alpha value is -4.41. The largest absolute Gasteiger partial charge is 0.545 e. The molecule has 0 amide bonds. The van der Waals surface area contributed by atoms with E-state index >= 15 is 0 Å². The minimum Gasteiger partial charge on any atom is -0.545 e. The summed E-state index contributed by atoms with van der Waals surface area (Å²) in [6, 6.07) is 14.7. The molecule has 0 fully saturated rings. The first kappa shape index (κ1) is 28.1. The molecule has 0 aliphatic carbocycles. The Kier molecular flexibility index (Phi) is 7.70. The van der Waals surface area contributed by atoms with Crippen LogP contribution in [0.3, 0.4) is 0 Å². The van der Waals surface area contributed by atoms with Crippen LogP contribution < -0.4 is 24.9 Å². The summed E-state index contributed by atoms with van der Waals surface area (Å²) in [5.74, 6) is -1.15. The maximum Gasteiger partial charge on any atom is 0.338 e. The van der Waals surface area contributed by atoms with Gasteiger partial charge in [0.15, 0.2) is 4.80 Å². The van der Waals surface area contributed by atoms with E-state index < -0.39 is 18.0 Å². The number of carbonyl (C=O) groups excluding carboxylic acids is 2. The zero-order chi connectivity index (χ0) is 29.4. The van der Waals surface area contributed by atoms with Crippen LogP contribution in [0.4, 0.5) is 5.69 Å². The number of hydrogen-bond donors (Lipinski definition) is 0. The van der Waals surface area contributed by atoms with Gasteiger partial charge in [-0.25, -0.2) is 9.79 Å². The third kappa shape index (κ3) is 5.36. The summed E-state index contributed by atoms with van der Waals surface area (Å²) >= 11 is 7.13. The number of halogens is 1. The molecule has 0 saturated carbocycles. The molecule has 0 unspecified atom stereocenters. The SMILES string of the molecule is CCOC(=O)C1=C(C)N=c2s/c(=C\c3ccc(-c4ccc(Cl)c(C(=O)[O-])c4)o3)c(=O)n2[C@@H]1c1ccc(N(C)C)cc1. The summed E-state index contributed by atoms with van der Waals surface area (Å²) in [6.45, 7) is 3.65. The fraction of sp³-hybridized carbons (Fsp3) is 0.200. The van der Waals surface area contributed by atoms with Gasteiger partial charge in [0, 0.05) is 42.0 Å². The highest BCUT2D eigenvalue weighted by Crippen LogP contribution is 2.32. The number of carbonyl (C=O) groups is 2. The lowest BCUT2D eigenvalue weighted by molar-refractivity contribution is -0.255. The van der Waals surface area contributed by atoms with Crippen LogP contribution in [0, 0.1) is 0 Å². The van der Waals surface area contributed by atoms with E-state index in [0.29, 0.717) is 37.7 Å². The smallest absolute Gasteiger partial charge is 0.338 e. The summed E-state index contributed by atoms with van der Waals surface area (Å²) < 4.78 is 13.1. The number of rotatable bonds is 7. The van der Waals surface area contributed by atoms with Gasteiger partial charge in [-0.3, -0.25) is 9.36 Å². The van der Waals surface area contributed by atoms with Gasteiger partial charge in [-0.15, -0.1) is 0 Å². The molecule has 0 bridgehead atoms. The van der Waals surface area contributed by atoms with Crippen LogP contribution in [0.5, 0.6) is 0 Å². The molecule has 3 heterocycles. The Bertz CT molecular complexity index is 1880. The third-order valence-corrected chi connectivity index (χ3v) is 7.93. The average Bonchev–Trinajstić information content (AvgIpc) is 3.52. The second-order valence-corrected chi connectivity index (χ2v) is 10.9. The van der Waals surface area contributed by atoms with Crippen LogP contribution in [-0.2, 0) is 9.53 Å². The lowest BCUT2D eigenvalue weighted by atomic mass is 9.95. The van der Waals surface area contributed by atoms with Gasteiger partial charge in [0.05, 0.1) is 34.4 Å². The quantitative estimate of drug-likeness (QED) is 0.304. The van der Waals surface area contributed by atoms with Crippen molar-refractivity contribution >= 4 is 46.6 Å². The topological polar surface area (TPSA) is 117 Å². The summed E-state index contributed by atoms with van der Waals surface area (Å²) in [6.07, 6.45) is 1.60. The standard InChI is InChI=1S/C30H26ClN3O6S/c1-5-39-29(38)25-16(2)32-30-34(26(25)17-6-9-19(10-7-17)33(3)4)27(35)24(41-30)15-20-11-13-23(40-20)18-8-12-22(31)21(14-18)28(36)37/h6-15,26H,5H2,1-4H3,(H,36,37)/p-1/b24-15-/t26-/m1/s1. The van der Waals surface area contributed by atoms with Gasteiger partial charge >= 0.3 is 5.97 Å². The first-order valence-electron chi connectivity index (χ1n) is 12.7.